The first-order valence-electron chi connectivity index (χ1n) is 7.20. The van der Waals surface area contributed by atoms with Gasteiger partial charge in [0.15, 0.2) is 0 Å². The summed E-state index contributed by atoms with van der Waals surface area (Å²) in [6.45, 7) is 5.11. The molecule has 1 saturated heterocycles. The molecule has 2 rings (SSSR count). The van der Waals surface area contributed by atoms with Gasteiger partial charge in [0.05, 0.1) is 4.92 Å². The number of nitrogens with two attached hydrogens (primary N) is 1. The van der Waals surface area contributed by atoms with E-state index in [4.69, 9.17) is 5.73 Å². The Hall–Kier alpha value is -1.66. The third-order valence-corrected chi connectivity index (χ3v) is 4.23. The molecule has 0 radical (unpaired) electrons. The molecule has 1 aliphatic rings. The van der Waals surface area contributed by atoms with Gasteiger partial charge in [0, 0.05) is 36.8 Å². The fourth-order valence-electron chi connectivity index (χ4n) is 2.75. The molecule has 0 aromatic heterocycles. The molecular formula is C15H22ClN3O3. The predicted octanol–water partition coefficient (Wildman–Crippen LogP) is 2.52. The summed E-state index contributed by atoms with van der Waals surface area (Å²) in [6.07, 6.45) is 1.77. The maximum absolute atomic E-state index is 12.5. The van der Waals surface area contributed by atoms with Crippen molar-refractivity contribution in [1.82, 2.24) is 4.90 Å². The lowest BCUT2D eigenvalue weighted by molar-refractivity contribution is -0.384. The zero-order valence-corrected chi connectivity index (χ0v) is 13.6. The van der Waals surface area contributed by atoms with Crippen molar-refractivity contribution in [3.63, 3.8) is 0 Å². The first-order valence-corrected chi connectivity index (χ1v) is 7.20. The topological polar surface area (TPSA) is 89.5 Å². The molecule has 22 heavy (non-hydrogen) atoms. The second kappa shape index (κ2) is 7.56. The molecular weight excluding hydrogens is 306 g/mol. The summed E-state index contributed by atoms with van der Waals surface area (Å²) in [6, 6.07) is 4.56. The van der Waals surface area contributed by atoms with Gasteiger partial charge in [-0.15, -0.1) is 12.4 Å². The molecule has 1 heterocycles. The summed E-state index contributed by atoms with van der Waals surface area (Å²) >= 11 is 0. The zero-order chi connectivity index (χ0) is 15.6. The second-order valence-electron chi connectivity index (χ2n) is 5.75. The molecule has 0 saturated carbocycles. The molecule has 1 unspecified atom stereocenters. The van der Waals surface area contributed by atoms with Gasteiger partial charge in [-0.05, 0) is 38.2 Å². The molecule has 7 heteroatoms. The van der Waals surface area contributed by atoms with Crippen LogP contribution in [0.15, 0.2) is 18.2 Å². The van der Waals surface area contributed by atoms with Gasteiger partial charge in [0.1, 0.15) is 0 Å². The molecule has 6 nitrogen and oxygen atoms in total. The number of nitro groups is 1. The number of hydrogen-bond donors (Lipinski definition) is 1. The molecule has 1 fully saturated rings. The number of aryl methyl sites for hydroxylation is 1. The van der Waals surface area contributed by atoms with Gasteiger partial charge in [0.2, 0.25) is 0 Å². The van der Waals surface area contributed by atoms with Crippen molar-refractivity contribution in [2.75, 3.05) is 13.1 Å². The van der Waals surface area contributed by atoms with Crippen LogP contribution in [-0.2, 0) is 0 Å². The van der Waals surface area contributed by atoms with Gasteiger partial charge in [-0.3, -0.25) is 14.9 Å². The Balaban J connectivity index is 0.00000242. The number of carbonyl (C=O) groups is 1. The van der Waals surface area contributed by atoms with Crippen molar-refractivity contribution in [3.05, 3.63) is 39.4 Å². The van der Waals surface area contributed by atoms with E-state index in [1.165, 1.54) is 12.1 Å². The minimum absolute atomic E-state index is 0. The minimum atomic E-state index is -0.474. The Morgan fingerprint density at radius 2 is 2.00 bits per heavy atom. The van der Waals surface area contributed by atoms with E-state index in [9.17, 15) is 14.9 Å². The number of hydrogen-bond acceptors (Lipinski definition) is 4. The standard InChI is InChI=1S/C15H21N3O3.ClH/c1-10-3-4-13(18(20)21)9-14(10)15(19)17-7-5-12(6-8-17)11(2)16;/h3-4,9,11-12H,5-8,16H2,1-2H3;1H. The summed E-state index contributed by atoms with van der Waals surface area (Å²) in [5.74, 6) is 0.319. The largest absolute Gasteiger partial charge is 0.339 e. The third-order valence-electron chi connectivity index (χ3n) is 4.23. The molecule has 2 N–H and O–H groups in total. The number of likely N-dealkylation sites (tertiary alicyclic amines) is 1. The van der Waals surface area contributed by atoms with Crippen molar-refractivity contribution in [2.24, 2.45) is 11.7 Å². The molecule has 0 aliphatic carbocycles. The van der Waals surface area contributed by atoms with Gasteiger partial charge in [-0.2, -0.15) is 0 Å². The fourth-order valence-corrected chi connectivity index (χ4v) is 2.75. The summed E-state index contributed by atoms with van der Waals surface area (Å²) in [5, 5.41) is 10.8. The van der Waals surface area contributed by atoms with Crippen LogP contribution in [0, 0.1) is 23.0 Å². The number of carbonyl (C=O) groups excluding carboxylic acids is 1. The first-order chi connectivity index (χ1) is 9.90. The van der Waals surface area contributed by atoms with Crippen LogP contribution in [0.5, 0.6) is 0 Å². The van der Waals surface area contributed by atoms with E-state index < -0.39 is 4.92 Å². The van der Waals surface area contributed by atoms with Gasteiger partial charge < -0.3 is 10.6 Å². The average Bonchev–Trinajstić information content (AvgIpc) is 2.47. The van der Waals surface area contributed by atoms with Gasteiger partial charge in [0.25, 0.3) is 11.6 Å². The highest BCUT2D eigenvalue weighted by Crippen LogP contribution is 2.23. The molecule has 1 aromatic rings. The van der Waals surface area contributed by atoms with E-state index >= 15 is 0 Å². The highest BCUT2D eigenvalue weighted by molar-refractivity contribution is 5.96. The Labute approximate surface area is 136 Å². The Morgan fingerprint density at radius 1 is 1.41 bits per heavy atom. The van der Waals surface area contributed by atoms with Crippen LogP contribution in [0.4, 0.5) is 5.69 Å². The SMILES string of the molecule is Cc1ccc([N+](=O)[O-])cc1C(=O)N1CCC(C(C)N)CC1.Cl. The van der Waals surface area contributed by atoms with E-state index in [1.54, 1.807) is 17.9 Å². The molecule has 1 amide bonds. The zero-order valence-electron chi connectivity index (χ0n) is 12.8. The van der Waals surface area contributed by atoms with Crippen LogP contribution in [-0.4, -0.2) is 34.9 Å². The van der Waals surface area contributed by atoms with E-state index in [2.05, 4.69) is 0 Å². The number of piperidine rings is 1. The summed E-state index contributed by atoms with van der Waals surface area (Å²) < 4.78 is 0. The normalized spacial score (nSPS) is 16.8. The minimum Gasteiger partial charge on any atom is -0.339 e. The van der Waals surface area contributed by atoms with E-state index in [-0.39, 0.29) is 30.0 Å². The van der Waals surface area contributed by atoms with Crippen molar-refractivity contribution in [3.8, 4) is 0 Å². The first kappa shape index (κ1) is 18.4. The molecule has 122 valence electrons. The monoisotopic (exact) mass is 327 g/mol. The molecule has 0 spiro atoms. The van der Waals surface area contributed by atoms with Crippen LogP contribution in [0.3, 0.4) is 0 Å². The van der Waals surface area contributed by atoms with Gasteiger partial charge in [-0.1, -0.05) is 6.07 Å². The summed E-state index contributed by atoms with van der Waals surface area (Å²) in [5.41, 5.74) is 7.04. The molecule has 1 aliphatic heterocycles. The van der Waals surface area contributed by atoms with Gasteiger partial charge in [-0.25, -0.2) is 0 Å². The van der Waals surface area contributed by atoms with Crippen LogP contribution in [0.2, 0.25) is 0 Å². The molecule has 1 atom stereocenters. The van der Waals surface area contributed by atoms with Gasteiger partial charge >= 0.3 is 0 Å². The number of nitrogens with zero attached hydrogens (tertiary/aromatic N) is 2. The molecule has 1 aromatic carbocycles. The Bertz CT molecular complexity index is 555. The number of amides is 1. The quantitative estimate of drug-likeness (QED) is 0.682. The number of non-ortho nitro benzene ring substituents is 1. The fraction of sp³-hybridized carbons (Fsp3) is 0.533. The highest BCUT2D eigenvalue weighted by atomic mass is 35.5. The maximum Gasteiger partial charge on any atom is 0.270 e. The third kappa shape index (κ3) is 3.96. The number of halogens is 1. The van der Waals surface area contributed by atoms with Crippen LogP contribution < -0.4 is 5.73 Å². The lowest BCUT2D eigenvalue weighted by Crippen LogP contribution is -2.42. The van der Waals surface area contributed by atoms with Crippen LogP contribution in [0.25, 0.3) is 0 Å². The Morgan fingerprint density at radius 3 is 2.50 bits per heavy atom. The van der Waals surface area contributed by atoms with Crippen LogP contribution >= 0.6 is 12.4 Å². The van der Waals surface area contributed by atoms with E-state index in [0.29, 0.717) is 24.6 Å². The smallest absolute Gasteiger partial charge is 0.270 e. The lowest BCUT2D eigenvalue weighted by Gasteiger charge is -2.34. The number of benzene rings is 1. The summed E-state index contributed by atoms with van der Waals surface area (Å²) in [7, 11) is 0. The predicted molar refractivity (Wildman–Crippen MR) is 87.4 cm³/mol. The van der Waals surface area contributed by atoms with Crippen molar-refractivity contribution >= 4 is 24.0 Å². The lowest BCUT2D eigenvalue weighted by atomic mass is 9.90. The second-order valence-corrected chi connectivity index (χ2v) is 5.75. The van der Waals surface area contributed by atoms with Crippen molar-refractivity contribution in [2.45, 2.75) is 32.7 Å². The van der Waals surface area contributed by atoms with Crippen molar-refractivity contribution in [1.29, 1.82) is 0 Å². The van der Waals surface area contributed by atoms with E-state index in [1.807, 2.05) is 6.92 Å². The van der Waals surface area contributed by atoms with Crippen LogP contribution in [0.1, 0.15) is 35.7 Å². The maximum atomic E-state index is 12.5. The average molecular weight is 328 g/mol. The number of rotatable bonds is 3. The van der Waals surface area contributed by atoms with E-state index in [0.717, 1.165) is 18.4 Å². The number of nitro benzene ring substituents is 1. The Kier molecular flexibility index (Phi) is 6.32. The highest BCUT2D eigenvalue weighted by Gasteiger charge is 2.26. The molecule has 0 bridgehead atoms. The summed E-state index contributed by atoms with van der Waals surface area (Å²) in [4.78, 5) is 24.7. The van der Waals surface area contributed by atoms with Crippen molar-refractivity contribution < 1.29 is 9.72 Å².